The predicted octanol–water partition coefficient (Wildman–Crippen LogP) is 2.79. The number of para-hydroxylation sites is 1. The molecule has 0 saturated heterocycles. The molecular weight excluding hydrogens is 344 g/mol. The molecular formula is C18H19ClN2O4. The van der Waals surface area contributed by atoms with E-state index >= 15 is 0 Å². The Morgan fingerprint density at radius 2 is 1.84 bits per heavy atom. The van der Waals surface area contributed by atoms with E-state index in [1.165, 1.54) is 7.11 Å². The number of rotatable bonds is 6. The predicted molar refractivity (Wildman–Crippen MR) is 95.8 cm³/mol. The Balaban J connectivity index is 1.95. The fourth-order valence-electron chi connectivity index (χ4n) is 2.19. The molecule has 0 aliphatic rings. The van der Waals surface area contributed by atoms with Crippen molar-refractivity contribution in [2.75, 3.05) is 26.1 Å². The van der Waals surface area contributed by atoms with Crippen molar-refractivity contribution in [3.8, 4) is 5.75 Å². The molecule has 2 aromatic carbocycles. The van der Waals surface area contributed by atoms with Crippen molar-refractivity contribution in [1.82, 2.24) is 5.32 Å². The number of hydrogen-bond acceptors (Lipinski definition) is 4. The normalized spacial score (nSPS) is 11.5. The Labute approximate surface area is 151 Å². The third-order valence-electron chi connectivity index (χ3n) is 3.53. The summed E-state index contributed by atoms with van der Waals surface area (Å²) in [5, 5.41) is 5.37. The summed E-state index contributed by atoms with van der Waals surface area (Å²) in [7, 11) is 3.10. The third-order valence-corrected chi connectivity index (χ3v) is 3.86. The lowest BCUT2D eigenvalue weighted by Gasteiger charge is -2.17. The number of ether oxygens (including phenoxy) is 2. The number of benzene rings is 2. The first-order chi connectivity index (χ1) is 12.0. The van der Waals surface area contributed by atoms with Gasteiger partial charge in [0, 0.05) is 13.7 Å². The van der Waals surface area contributed by atoms with Crippen molar-refractivity contribution in [2.24, 2.45) is 0 Å². The second kappa shape index (κ2) is 9.05. The molecule has 2 amide bonds. The zero-order chi connectivity index (χ0) is 18.2. The summed E-state index contributed by atoms with van der Waals surface area (Å²) < 4.78 is 10.6. The van der Waals surface area contributed by atoms with Crippen molar-refractivity contribution in [2.45, 2.75) is 6.10 Å². The topological polar surface area (TPSA) is 76.7 Å². The van der Waals surface area contributed by atoms with Gasteiger partial charge in [-0.3, -0.25) is 9.59 Å². The number of hydrogen-bond donors (Lipinski definition) is 2. The number of nitrogens with one attached hydrogen (secondary N) is 2. The van der Waals surface area contributed by atoms with E-state index in [9.17, 15) is 9.59 Å². The number of carbonyl (C=O) groups is 2. The Morgan fingerprint density at radius 3 is 2.52 bits per heavy atom. The van der Waals surface area contributed by atoms with Crippen LogP contribution in [-0.2, 0) is 14.3 Å². The molecule has 0 saturated carbocycles. The third kappa shape index (κ3) is 5.20. The maximum absolute atomic E-state index is 12.0. The van der Waals surface area contributed by atoms with E-state index in [0.29, 0.717) is 16.5 Å². The second-order valence-corrected chi connectivity index (χ2v) is 5.55. The van der Waals surface area contributed by atoms with Gasteiger partial charge in [-0.1, -0.05) is 35.9 Å². The van der Waals surface area contributed by atoms with E-state index in [1.54, 1.807) is 31.4 Å². The molecule has 132 valence electrons. The van der Waals surface area contributed by atoms with Crippen LogP contribution in [0.15, 0.2) is 48.5 Å². The number of methoxy groups -OCH3 is 2. The average molecular weight is 363 g/mol. The molecule has 7 heteroatoms. The zero-order valence-corrected chi connectivity index (χ0v) is 14.7. The van der Waals surface area contributed by atoms with Crippen LogP contribution in [0.4, 0.5) is 5.69 Å². The summed E-state index contributed by atoms with van der Waals surface area (Å²) >= 11 is 5.95. The van der Waals surface area contributed by atoms with Crippen molar-refractivity contribution in [3.63, 3.8) is 0 Å². The van der Waals surface area contributed by atoms with Gasteiger partial charge in [0.1, 0.15) is 5.75 Å². The summed E-state index contributed by atoms with van der Waals surface area (Å²) in [5.74, 6) is -0.888. The van der Waals surface area contributed by atoms with Crippen LogP contribution in [0.1, 0.15) is 11.7 Å². The van der Waals surface area contributed by atoms with E-state index in [1.807, 2.05) is 24.3 Å². The molecule has 0 spiro atoms. The minimum atomic E-state index is -0.798. The minimum Gasteiger partial charge on any atom is -0.497 e. The summed E-state index contributed by atoms with van der Waals surface area (Å²) in [6.45, 7) is 0.137. The molecule has 0 radical (unpaired) electrons. The molecule has 2 aromatic rings. The molecule has 0 aliphatic heterocycles. The Hall–Kier alpha value is -2.57. The molecule has 1 unspecified atom stereocenters. The second-order valence-electron chi connectivity index (χ2n) is 5.14. The Morgan fingerprint density at radius 1 is 1.08 bits per heavy atom. The van der Waals surface area contributed by atoms with Crippen LogP contribution in [-0.4, -0.2) is 32.6 Å². The fourth-order valence-corrected chi connectivity index (χ4v) is 2.37. The highest BCUT2D eigenvalue weighted by Crippen LogP contribution is 2.21. The summed E-state index contributed by atoms with van der Waals surface area (Å²) in [6, 6.07) is 14.0. The van der Waals surface area contributed by atoms with Gasteiger partial charge in [-0.2, -0.15) is 0 Å². The molecule has 0 bridgehead atoms. The van der Waals surface area contributed by atoms with Gasteiger partial charge >= 0.3 is 11.8 Å². The lowest BCUT2D eigenvalue weighted by molar-refractivity contribution is -0.136. The van der Waals surface area contributed by atoms with Gasteiger partial charge in [-0.05, 0) is 29.8 Å². The first-order valence-electron chi connectivity index (χ1n) is 7.55. The maximum Gasteiger partial charge on any atom is 0.313 e. The van der Waals surface area contributed by atoms with Gasteiger partial charge in [0.25, 0.3) is 0 Å². The minimum absolute atomic E-state index is 0.137. The van der Waals surface area contributed by atoms with Gasteiger partial charge in [-0.15, -0.1) is 0 Å². The first kappa shape index (κ1) is 18.8. The zero-order valence-electron chi connectivity index (χ0n) is 13.9. The Bertz CT molecular complexity index is 751. The number of halogens is 1. The molecule has 0 aliphatic carbocycles. The lowest BCUT2D eigenvalue weighted by atomic mass is 10.1. The number of carbonyl (C=O) groups excluding carboxylic acids is 2. The SMILES string of the molecule is COc1cccc(C(CNC(=O)C(=O)Nc2ccccc2Cl)OC)c1. The van der Waals surface area contributed by atoms with E-state index in [0.717, 1.165) is 5.56 Å². The van der Waals surface area contributed by atoms with Crippen molar-refractivity contribution in [1.29, 1.82) is 0 Å². The largest absolute Gasteiger partial charge is 0.497 e. The van der Waals surface area contributed by atoms with Gasteiger partial charge in [0.15, 0.2) is 0 Å². The van der Waals surface area contributed by atoms with Gasteiger partial charge < -0.3 is 20.1 Å². The molecule has 0 aromatic heterocycles. The smallest absolute Gasteiger partial charge is 0.313 e. The molecule has 25 heavy (non-hydrogen) atoms. The van der Waals surface area contributed by atoms with Crippen molar-refractivity contribution < 1.29 is 19.1 Å². The summed E-state index contributed by atoms with van der Waals surface area (Å²) in [5.41, 5.74) is 1.20. The first-order valence-corrected chi connectivity index (χ1v) is 7.93. The van der Waals surface area contributed by atoms with E-state index in [4.69, 9.17) is 21.1 Å². The van der Waals surface area contributed by atoms with Gasteiger partial charge in [0.05, 0.1) is 23.9 Å². The summed E-state index contributed by atoms with van der Waals surface area (Å²) in [6.07, 6.45) is -0.410. The van der Waals surface area contributed by atoms with Crippen molar-refractivity contribution >= 4 is 29.1 Å². The van der Waals surface area contributed by atoms with Gasteiger partial charge in [-0.25, -0.2) is 0 Å². The van der Waals surface area contributed by atoms with Crippen molar-refractivity contribution in [3.05, 3.63) is 59.1 Å². The monoisotopic (exact) mass is 362 g/mol. The lowest BCUT2D eigenvalue weighted by Crippen LogP contribution is -2.38. The number of amides is 2. The molecule has 1 atom stereocenters. The maximum atomic E-state index is 12.0. The van der Waals surface area contributed by atoms with E-state index in [-0.39, 0.29) is 6.54 Å². The standard InChI is InChI=1S/C18H19ClN2O4/c1-24-13-7-5-6-12(10-13)16(25-2)11-20-17(22)18(23)21-15-9-4-3-8-14(15)19/h3-10,16H,11H2,1-2H3,(H,20,22)(H,21,23). The Kier molecular flexibility index (Phi) is 6.80. The molecule has 2 N–H and O–H groups in total. The summed E-state index contributed by atoms with van der Waals surface area (Å²) in [4.78, 5) is 23.9. The van der Waals surface area contributed by atoms with E-state index in [2.05, 4.69) is 10.6 Å². The molecule has 0 heterocycles. The average Bonchev–Trinajstić information content (AvgIpc) is 2.64. The van der Waals surface area contributed by atoms with Crippen LogP contribution < -0.4 is 15.4 Å². The van der Waals surface area contributed by atoms with E-state index < -0.39 is 17.9 Å². The highest BCUT2D eigenvalue weighted by Gasteiger charge is 2.18. The molecule has 0 fully saturated rings. The van der Waals surface area contributed by atoms with Crippen LogP contribution >= 0.6 is 11.6 Å². The van der Waals surface area contributed by atoms with Crippen LogP contribution in [0.25, 0.3) is 0 Å². The fraction of sp³-hybridized carbons (Fsp3) is 0.222. The quantitative estimate of drug-likeness (QED) is 0.775. The van der Waals surface area contributed by atoms with Gasteiger partial charge in [0.2, 0.25) is 0 Å². The molecule has 6 nitrogen and oxygen atoms in total. The highest BCUT2D eigenvalue weighted by atomic mass is 35.5. The van der Waals surface area contributed by atoms with Crippen LogP contribution in [0.2, 0.25) is 5.02 Å². The van der Waals surface area contributed by atoms with Crippen LogP contribution in [0, 0.1) is 0 Å². The highest BCUT2D eigenvalue weighted by molar-refractivity contribution is 6.41. The molecule has 2 rings (SSSR count). The van der Waals surface area contributed by atoms with Crippen LogP contribution in [0.3, 0.4) is 0 Å². The van der Waals surface area contributed by atoms with Crippen LogP contribution in [0.5, 0.6) is 5.75 Å². The number of anilines is 1.